The number of hydrogen-bond donors (Lipinski definition) is 1. The summed E-state index contributed by atoms with van der Waals surface area (Å²) in [4.78, 5) is 7.32. The summed E-state index contributed by atoms with van der Waals surface area (Å²) in [5.74, 6) is 1.13. The van der Waals surface area contributed by atoms with Crippen molar-refractivity contribution in [2.24, 2.45) is 0 Å². The summed E-state index contributed by atoms with van der Waals surface area (Å²) in [6.45, 7) is 2.25. The minimum Gasteiger partial charge on any atom is -0.349 e. The fourth-order valence-electron chi connectivity index (χ4n) is 1.51. The van der Waals surface area contributed by atoms with E-state index >= 15 is 0 Å². The highest BCUT2D eigenvalue weighted by atomic mass is 79.9. The van der Waals surface area contributed by atoms with Crippen LogP contribution >= 0.6 is 17.0 Å². The maximum atomic E-state index is 4.19. The number of nitrogens with zero attached hydrogens (tertiary/aromatic N) is 1. The third kappa shape index (κ3) is 6.19. The molecule has 0 aliphatic carbocycles. The third-order valence-corrected chi connectivity index (χ3v) is 2.32. The van der Waals surface area contributed by atoms with Crippen molar-refractivity contribution in [1.29, 1.82) is 0 Å². The van der Waals surface area contributed by atoms with Crippen molar-refractivity contribution >= 4 is 17.0 Å². The zero-order valence-electron chi connectivity index (χ0n) is 8.96. The fraction of sp³-hybridized carbons (Fsp3) is 0.727. The van der Waals surface area contributed by atoms with Gasteiger partial charge in [-0.05, 0) is 6.42 Å². The van der Waals surface area contributed by atoms with Crippen molar-refractivity contribution in [3.8, 4) is 0 Å². The SMILES string of the molecule is Br.CCCCCCCCc1ncc[nH]1. The van der Waals surface area contributed by atoms with Crippen molar-refractivity contribution in [3.63, 3.8) is 0 Å². The normalized spacial score (nSPS) is 9.79. The molecule has 3 heteroatoms. The minimum absolute atomic E-state index is 0. The van der Waals surface area contributed by atoms with Gasteiger partial charge in [-0.25, -0.2) is 4.98 Å². The van der Waals surface area contributed by atoms with Gasteiger partial charge in [-0.3, -0.25) is 0 Å². The van der Waals surface area contributed by atoms with Gasteiger partial charge < -0.3 is 4.98 Å². The number of hydrogen-bond acceptors (Lipinski definition) is 1. The summed E-state index contributed by atoms with van der Waals surface area (Å²) in [5, 5.41) is 0. The molecule has 0 radical (unpaired) electrons. The van der Waals surface area contributed by atoms with Gasteiger partial charge in [0.15, 0.2) is 0 Å². The molecule has 82 valence electrons. The van der Waals surface area contributed by atoms with Gasteiger partial charge in [-0.15, -0.1) is 17.0 Å². The van der Waals surface area contributed by atoms with E-state index in [2.05, 4.69) is 16.9 Å². The van der Waals surface area contributed by atoms with Crippen LogP contribution in [-0.4, -0.2) is 9.97 Å². The van der Waals surface area contributed by atoms with Gasteiger partial charge in [0.25, 0.3) is 0 Å². The number of nitrogens with one attached hydrogen (secondary N) is 1. The molecule has 0 spiro atoms. The predicted molar refractivity (Wildman–Crippen MR) is 66.0 cm³/mol. The van der Waals surface area contributed by atoms with E-state index in [0.29, 0.717) is 0 Å². The van der Waals surface area contributed by atoms with Crippen molar-refractivity contribution < 1.29 is 0 Å². The largest absolute Gasteiger partial charge is 0.349 e. The topological polar surface area (TPSA) is 28.7 Å². The number of imidazole rings is 1. The first-order chi connectivity index (χ1) is 6.43. The predicted octanol–water partition coefficient (Wildman–Crippen LogP) is 3.89. The van der Waals surface area contributed by atoms with Gasteiger partial charge in [-0.2, -0.15) is 0 Å². The van der Waals surface area contributed by atoms with Crippen LogP contribution in [0.4, 0.5) is 0 Å². The molecule has 1 heterocycles. The summed E-state index contributed by atoms with van der Waals surface area (Å²) in [6, 6.07) is 0. The summed E-state index contributed by atoms with van der Waals surface area (Å²) < 4.78 is 0. The Bertz CT molecular complexity index is 197. The zero-order chi connectivity index (χ0) is 9.36. The van der Waals surface area contributed by atoms with E-state index in [0.717, 1.165) is 12.2 Å². The first-order valence-corrected chi connectivity index (χ1v) is 5.41. The molecule has 0 aliphatic heterocycles. The van der Waals surface area contributed by atoms with Crippen LogP contribution in [0, 0.1) is 0 Å². The molecule has 0 saturated carbocycles. The Morgan fingerprint density at radius 2 is 1.86 bits per heavy atom. The fourth-order valence-corrected chi connectivity index (χ4v) is 1.51. The number of halogens is 1. The quantitative estimate of drug-likeness (QED) is 0.741. The molecule has 2 nitrogen and oxygen atoms in total. The van der Waals surface area contributed by atoms with Crippen LogP contribution < -0.4 is 0 Å². The van der Waals surface area contributed by atoms with E-state index in [-0.39, 0.29) is 17.0 Å². The molecule has 0 unspecified atom stereocenters. The Morgan fingerprint density at radius 1 is 1.14 bits per heavy atom. The van der Waals surface area contributed by atoms with Gasteiger partial charge >= 0.3 is 0 Å². The molecule has 14 heavy (non-hydrogen) atoms. The van der Waals surface area contributed by atoms with Crippen LogP contribution in [0.25, 0.3) is 0 Å². The van der Waals surface area contributed by atoms with Crippen LogP contribution in [0.15, 0.2) is 12.4 Å². The molecule has 0 bridgehead atoms. The van der Waals surface area contributed by atoms with Crippen LogP contribution in [0.2, 0.25) is 0 Å². The second-order valence-corrected chi connectivity index (χ2v) is 3.55. The summed E-state index contributed by atoms with van der Waals surface area (Å²) in [7, 11) is 0. The Labute approximate surface area is 97.3 Å². The van der Waals surface area contributed by atoms with E-state index in [9.17, 15) is 0 Å². The lowest BCUT2D eigenvalue weighted by Crippen LogP contribution is -1.88. The molecule has 0 fully saturated rings. The van der Waals surface area contributed by atoms with Crippen LogP contribution in [0.5, 0.6) is 0 Å². The van der Waals surface area contributed by atoms with E-state index in [4.69, 9.17) is 0 Å². The summed E-state index contributed by atoms with van der Waals surface area (Å²) in [5.41, 5.74) is 0. The number of aryl methyl sites for hydroxylation is 1. The van der Waals surface area contributed by atoms with Crippen molar-refractivity contribution in [2.45, 2.75) is 51.9 Å². The first-order valence-electron chi connectivity index (χ1n) is 5.41. The smallest absolute Gasteiger partial charge is 0.105 e. The lowest BCUT2D eigenvalue weighted by Gasteiger charge is -1.98. The number of rotatable bonds is 7. The van der Waals surface area contributed by atoms with Gasteiger partial charge in [0.2, 0.25) is 0 Å². The highest BCUT2D eigenvalue weighted by Crippen LogP contribution is 2.06. The standard InChI is InChI=1S/C11H20N2.BrH/c1-2-3-4-5-6-7-8-11-12-9-10-13-11;/h9-10H,2-8H2,1H3,(H,12,13);1H. The molecule has 1 aromatic rings. The van der Waals surface area contributed by atoms with E-state index < -0.39 is 0 Å². The van der Waals surface area contributed by atoms with Gasteiger partial charge in [0, 0.05) is 18.8 Å². The molecule has 0 aromatic carbocycles. The van der Waals surface area contributed by atoms with E-state index in [1.807, 2.05) is 12.4 Å². The molecule has 1 N–H and O–H groups in total. The van der Waals surface area contributed by atoms with Crippen molar-refractivity contribution in [1.82, 2.24) is 9.97 Å². The lowest BCUT2D eigenvalue weighted by molar-refractivity contribution is 0.602. The average Bonchev–Trinajstić information content (AvgIpc) is 2.63. The van der Waals surface area contributed by atoms with Crippen LogP contribution in [0.3, 0.4) is 0 Å². The lowest BCUT2D eigenvalue weighted by atomic mass is 10.1. The number of unbranched alkanes of at least 4 members (excludes halogenated alkanes) is 5. The van der Waals surface area contributed by atoms with Crippen molar-refractivity contribution in [2.75, 3.05) is 0 Å². The molecule has 0 saturated heterocycles. The number of aromatic nitrogens is 2. The van der Waals surface area contributed by atoms with E-state index in [1.54, 1.807) is 0 Å². The molecule has 0 atom stereocenters. The number of aromatic amines is 1. The second kappa shape index (κ2) is 9.25. The second-order valence-electron chi connectivity index (χ2n) is 3.55. The van der Waals surface area contributed by atoms with Gasteiger partial charge in [0.1, 0.15) is 5.82 Å². The van der Waals surface area contributed by atoms with Crippen LogP contribution in [0.1, 0.15) is 51.3 Å². The molecule has 0 aliphatic rings. The minimum atomic E-state index is 0. The highest BCUT2D eigenvalue weighted by molar-refractivity contribution is 8.93. The van der Waals surface area contributed by atoms with Crippen molar-refractivity contribution in [3.05, 3.63) is 18.2 Å². The zero-order valence-corrected chi connectivity index (χ0v) is 10.7. The van der Waals surface area contributed by atoms with Gasteiger partial charge in [0.05, 0.1) is 0 Å². The molecular weight excluding hydrogens is 240 g/mol. The maximum absolute atomic E-state index is 4.19. The Balaban J connectivity index is 0.00000169. The molecule has 1 rings (SSSR count). The van der Waals surface area contributed by atoms with Gasteiger partial charge in [-0.1, -0.05) is 39.0 Å². The maximum Gasteiger partial charge on any atom is 0.105 e. The third-order valence-electron chi connectivity index (χ3n) is 2.32. The Kier molecular flexibility index (Phi) is 9.05. The Morgan fingerprint density at radius 3 is 2.50 bits per heavy atom. The first kappa shape index (κ1) is 13.7. The molecular formula is C11H21BrN2. The molecule has 0 amide bonds. The van der Waals surface area contributed by atoms with E-state index in [1.165, 1.54) is 38.5 Å². The average molecular weight is 261 g/mol. The highest BCUT2D eigenvalue weighted by Gasteiger charge is 1.94. The van der Waals surface area contributed by atoms with Crippen LogP contribution in [-0.2, 0) is 6.42 Å². The monoisotopic (exact) mass is 260 g/mol. The Hall–Kier alpha value is -0.310. The number of H-pyrrole nitrogens is 1. The molecule has 1 aromatic heterocycles. The summed E-state index contributed by atoms with van der Waals surface area (Å²) in [6.07, 6.45) is 13.0. The summed E-state index contributed by atoms with van der Waals surface area (Å²) >= 11 is 0.